The molecule has 5 N–H and O–H groups in total. The van der Waals surface area contributed by atoms with Gasteiger partial charge in [0, 0.05) is 22.6 Å². The summed E-state index contributed by atoms with van der Waals surface area (Å²) in [7, 11) is 0. The number of benzene rings is 1. The summed E-state index contributed by atoms with van der Waals surface area (Å²) in [6.07, 6.45) is 32.9. The highest BCUT2D eigenvalue weighted by molar-refractivity contribution is 5.95. The minimum Gasteiger partial charge on any atom is -0.458 e. The number of pyridine rings is 2. The largest absolute Gasteiger partial charge is 0.458 e. The Hall–Kier alpha value is -4.36. The number of fused-ring (bicyclic) bond motifs is 5. The molecule has 3 aliphatic rings. The van der Waals surface area contributed by atoms with Crippen molar-refractivity contribution < 1.29 is 33.4 Å². The van der Waals surface area contributed by atoms with E-state index in [1.165, 1.54) is 147 Å². The Morgan fingerprint density at radius 2 is 1.35 bits per heavy atom. The van der Waals surface area contributed by atoms with Crippen LogP contribution in [0.1, 0.15) is 234 Å². The Morgan fingerprint density at radius 3 is 1.87 bits per heavy atom. The fourth-order valence-electron chi connectivity index (χ4n) is 10.9. The number of amides is 2. The molecule has 0 unspecified atom stereocenters. The lowest BCUT2D eigenvalue weighted by Gasteiger charge is -2.33. The van der Waals surface area contributed by atoms with E-state index in [1.807, 2.05) is 0 Å². The highest BCUT2D eigenvalue weighted by Crippen LogP contribution is 2.46. The molecule has 0 spiro atoms. The first-order valence-corrected chi connectivity index (χ1v) is 27.1. The Kier molecular flexibility index (Phi) is 20.5. The summed E-state index contributed by atoms with van der Waals surface area (Å²) < 4.78 is 27.7. The van der Waals surface area contributed by atoms with Crippen molar-refractivity contribution in [3.8, 4) is 11.4 Å². The molecule has 2 aliphatic heterocycles. The third-order valence-corrected chi connectivity index (χ3v) is 15.2. The second-order valence-corrected chi connectivity index (χ2v) is 20.9. The average Bonchev–Trinajstić information content (AvgIpc) is 3.70. The maximum absolute atomic E-state index is 15.4. The molecule has 69 heavy (non-hydrogen) atoms. The molecule has 12 nitrogen and oxygen atoms in total. The van der Waals surface area contributed by atoms with Gasteiger partial charge in [0.15, 0.2) is 5.60 Å². The van der Waals surface area contributed by atoms with Gasteiger partial charge in [0.05, 0.1) is 41.7 Å². The molecule has 0 radical (unpaired) electrons. The summed E-state index contributed by atoms with van der Waals surface area (Å²) in [6, 6.07) is 2.46. The number of alkyl carbamates (subject to hydrolysis) is 1. The number of aryl methyl sites for hydroxylation is 1. The van der Waals surface area contributed by atoms with Gasteiger partial charge in [-0.25, -0.2) is 19.0 Å². The standard InChI is InChI=1S/C56H84FN5O7/c1-5-56(67)43-35-47-50-41(37-62(47)51(63)42(43)38-69-53(56)65)49-45(32-31-40-39(2)44(57)36-46(59-50)48(40)49)60-52(64)55(3,4)61-54(66)68-34-30-28-26-24-22-20-18-16-14-12-10-8-6-7-9-11-13-15-17-19-21-23-25-27-29-33-58/h35-36,45,67H,5-34,37-38,58H2,1-4H3,(H,60,64)(H,61,66)/t45-,56-/m0/s1. The van der Waals surface area contributed by atoms with Gasteiger partial charge in [-0.1, -0.05) is 155 Å². The number of nitrogens with two attached hydrogens (primary N) is 1. The molecule has 0 saturated carbocycles. The van der Waals surface area contributed by atoms with E-state index in [0.717, 1.165) is 42.3 Å². The smallest absolute Gasteiger partial charge is 0.407 e. The molecule has 0 fully saturated rings. The zero-order valence-electron chi connectivity index (χ0n) is 42.6. The summed E-state index contributed by atoms with van der Waals surface area (Å²) in [5.41, 5.74) is 6.18. The maximum Gasteiger partial charge on any atom is 0.407 e. The lowest BCUT2D eigenvalue weighted by Crippen LogP contribution is -2.55. The van der Waals surface area contributed by atoms with Gasteiger partial charge >= 0.3 is 12.1 Å². The van der Waals surface area contributed by atoms with Gasteiger partial charge in [-0.3, -0.25) is 9.59 Å². The highest BCUT2D eigenvalue weighted by atomic mass is 19.1. The lowest BCUT2D eigenvalue weighted by atomic mass is 9.81. The number of nitrogens with one attached hydrogen (secondary N) is 2. The van der Waals surface area contributed by atoms with E-state index >= 15 is 4.39 Å². The zero-order valence-corrected chi connectivity index (χ0v) is 42.6. The van der Waals surface area contributed by atoms with Crippen molar-refractivity contribution in [2.24, 2.45) is 5.73 Å². The molecule has 1 aliphatic carbocycles. The van der Waals surface area contributed by atoms with E-state index in [2.05, 4.69) is 10.6 Å². The van der Waals surface area contributed by atoms with Gasteiger partial charge in [-0.05, 0) is 82.2 Å². The predicted molar refractivity (Wildman–Crippen MR) is 271 cm³/mol. The van der Waals surface area contributed by atoms with Crippen LogP contribution in [0.25, 0.3) is 22.3 Å². The number of rotatable bonds is 31. The minimum absolute atomic E-state index is 0.00291. The number of halogens is 1. The molecule has 6 rings (SSSR count). The van der Waals surface area contributed by atoms with Crippen molar-refractivity contribution in [2.45, 2.75) is 238 Å². The molecule has 2 atom stereocenters. The van der Waals surface area contributed by atoms with Crippen molar-refractivity contribution in [3.63, 3.8) is 0 Å². The first-order chi connectivity index (χ1) is 33.3. The minimum atomic E-state index is -1.99. The fraction of sp³-hybridized carbons (Fsp3) is 0.696. The second-order valence-electron chi connectivity index (χ2n) is 20.9. The van der Waals surface area contributed by atoms with E-state index in [1.54, 1.807) is 38.3 Å². The predicted octanol–water partition coefficient (Wildman–Crippen LogP) is 11.8. The van der Waals surface area contributed by atoms with Gasteiger partial charge in [-0.2, -0.15) is 0 Å². The number of aromatic nitrogens is 2. The number of hydrogen-bond acceptors (Lipinski definition) is 9. The zero-order chi connectivity index (χ0) is 49.4. The van der Waals surface area contributed by atoms with E-state index < -0.39 is 46.5 Å². The van der Waals surface area contributed by atoms with Crippen LogP contribution in [0.3, 0.4) is 0 Å². The van der Waals surface area contributed by atoms with Gasteiger partial charge in [0.2, 0.25) is 5.91 Å². The molecular formula is C56H84FN5O7. The van der Waals surface area contributed by atoms with Crippen LogP contribution in [0.15, 0.2) is 16.9 Å². The van der Waals surface area contributed by atoms with Crippen LogP contribution >= 0.6 is 0 Å². The molecule has 3 aromatic rings. The molecular weight excluding hydrogens is 874 g/mol. The van der Waals surface area contributed by atoms with Crippen LogP contribution in [0.5, 0.6) is 0 Å². The number of carbonyl (C=O) groups excluding carboxylic acids is 3. The van der Waals surface area contributed by atoms with Crippen LogP contribution in [0, 0.1) is 12.7 Å². The Balaban J connectivity index is 0.860. The van der Waals surface area contributed by atoms with Crippen LogP contribution < -0.4 is 21.9 Å². The number of aliphatic hydroxyl groups is 1. The van der Waals surface area contributed by atoms with Crippen molar-refractivity contribution in [1.82, 2.24) is 20.2 Å². The monoisotopic (exact) mass is 958 g/mol. The number of cyclic esters (lactones) is 1. The average molecular weight is 958 g/mol. The normalized spacial score (nSPS) is 17.1. The number of esters is 1. The first kappa shape index (κ1) is 54.0. The summed E-state index contributed by atoms with van der Waals surface area (Å²) in [4.78, 5) is 58.6. The van der Waals surface area contributed by atoms with Crippen molar-refractivity contribution >= 4 is 28.9 Å². The van der Waals surface area contributed by atoms with Gasteiger partial charge in [-0.15, -0.1) is 0 Å². The van der Waals surface area contributed by atoms with E-state index in [4.69, 9.17) is 20.2 Å². The van der Waals surface area contributed by atoms with Gasteiger partial charge in [0.25, 0.3) is 5.56 Å². The van der Waals surface area contributed by atoms with Crippen LogP contribution in [0.4, 0.5) is 9.18 Å². The molecule has 4 heterocycles. The number of unbranched alkanes of at least 4 members (excludes halogenated alkanes) is 24. The second kappa shape index (κ2) is 26.2. The summed E-state index contributed by atoms with van der Waals surface area (Å²) >= 11 is 0. The third kappa shape index (κ3) is 13.7. The van der Waals surface area contributed by atoms with Crippen molar-refractivity contribution in [1.29, 1.82) is 0 Å². The summed E-state index contributed by atoms with van der Waals surface area (Å²) in [6.45, 7) is 7.62. The van der Waals surface area contributed by atoms with E-state index in [0.29, 0.717) is 40.9 Å². The molecule has 0 bridgehead atoms. The highest BCUT2D eigenvalue weighted by Gasteiger charge is 2.46. The van der Waals surface area contributed by atoms with Crippen molar-refractivity contribution in [3.05, 3.63) is 61.7 Å². The molecule has 2 aromatic heterocycles. The van der Waals surface area contributed by atoms with Crippen LogP contribution in [0.2, 0.25) is 0 Å². The van der Waals surface area contributed by atoms with E-state index in [-0.39, 0.29) is 37.3 Å². The number of ether oxygens (including phenoxy) is 2. The van der Waals surface area contributed by atoms with Crippen molar-refractivity contribution in [2.75, 3.05) is 13.2 Å². The summed E-state index contributed by atoms with van der Waals surface area (Å²) in [5, 5.41) is 18.0. The Labute approximate surface area is 410 Å². The number of nitrogens with zero attached hydrogens (tertiary/aromatic N) is 2. The molecule has 382 valence electrons. The molecule has 1 aromatic carbocycles. The SMILES string of the molecule is CC[C@@]1(O)C(=O)OCc2c1cc1n(c2=O)Cc2c-1nc1cc(F)c(C)c3c1c2[C@@H](NC(=O)C(C)(C)NC(=O)OCCCCCCCCCCCCCCCCCCCCCCCCCCCN)CC3. The maximum atomic E-state index is 15.4. The first-order valence-electron chi connectivity index (χ1n) is 27.1. The molecule has 2 amide bonds. The van der Waals surface area contributed by atoms with Crippen LogP contribution in [-0.4, -0.2) is 51.3 Å². The quantitative estimate of drug-likeness (QED) is 0.0283. The topological polar surface area (TPSA) is 175 Å². The molecule has 0 saturated heterocycles. The van der Waals surface area contributed by atoms with E-state index in [9.17, 15) is 24.3 Å². The fourth-order valence-corrected chi connectivity index (χ4v) is 10.9. The van der Waals surface area contributed by atoms with Gasteiger partial charge < -0.3 is 35.5 Å². The Bertz CT molecular complexity index is 2280. The Morgan fingerprint density at radius 1 is 0.826 bits per heavy atom. The number of hydrogen-bond donors (Lipinski definition) is 4. The third-order valence-electron chi connectivity index (χ3n) is 15.2. The molecule has 13 heteroatoms. The van der Waals surface area contributed by atoms with Gasteiger partial charge in [0.1, 0.15) is 18.0 Å². The van der Waals surface area contributed by atoms with Crippen LogP contribution in [-0.2, 0) is 44.2 Å². The number of carbonyl (C=O) groups is 3. The lowest BCUT2D eigenvalue weighted by molar-refractivity contribution is -0.172. The summed E-state index contributed by atoms with van der Waals surface area (Å²) in [5.74, 6) is -1.64.